The van der Waals surface area contributed by atoms with Crippen molar-refractivity contribution in [3.63, 3.8) is 0 Å². The highest BCUT2D eigenvalue weighted by molar-refractivity contribution is 7.89. The van der Waals surface area contributed by atoms with Crippen LogP contribution in [0.3, 0.4) is 0 Å². The number of nitrogens with one attached hydrogen (secondary N) is 1. The van der Waals surface area contributed by atoms with Gasteiger partial charge in [-0.15, -0.1) is 11.3 Å². The molecule has 0 atom stereocenters. The van der Waals surface area contributed by atoms with Crippen LogP contribution in [0.5, 0.6) is 5.75 Å². The zero-order valence-corrected chi connectivity index (χ0v) is 18.9. The lowest BCUT2D eigenvalue weighted by atomic mass is 10.1. The molecular weight excluding hydrogens is 444 g/mol. The predicted octanol–water partition coefficient (Wildman–Crippen LogP) is 4.16. The highest BCUT2D eigenvalue weighted by atomic mass is 35.5. The van der Waals surface area contributed by atoms with E-state index in [4.69, 9.17) is 16.3 Å². The molecule has 0 unspecified atom stereocenters. The van der Waals surface area contributed by atoms with Crippen molar-refractivity contribution in [2.75, 3.05) is 14.2 Å². The van der Waals surface area contributed by atoms with Gasteiger partial charge in [-0.1, -0.05) is 17.7 Å². The number of hydrogen-bond donors (Lipinski definition) is 1. The second-order valence-corrected chi connectivity index (χ2v) is 9.78. The van der Waals surface area contributed by atoms with Crippen molar-refractivity contribution in [3.8, 4) is 5.75 Å². The van der Waals surface area contributed by atoms with E-state index in [1.807, 2.05) is 17.5 Å². The molecule has 6 nitrogen and oxygen atoms in total. The van der Waals surface area contributed by atoms with Crippen LogP contribution in [0.25, 0.3) is 0 Å². The monoisotopic (exact) mass is 464 g/mol. The summed E-state index contributed by atoms with van der Waals surface area (Å²) in [6, 6.07) is 14.8. The Hall–Kier alpha value is -2.39. The Kier molecular flexibility index (Phi) is 7.14. The Bertz CT molecular complexity index is 1110. The number of amides is 1. The first-order chi connectivity index (χ1) is 14.3. The van der Waals surface area contributed by atoms with Gasteiger partial charge in [-0.3, -0.25) is 4.79 Å². The van der Waals surface area contributed by atoms with E-state index in [0.29, 0.717) is 22.9 Å². The van der Waals surface area contributed by atoms with Crippen LogP contribution in [0.2, 0.25) is 5.02 Å². The van der Waals surface area contributed by atoms with Gasteiger partial charge in [0.2, 0.25) is 10.0 Å². The first-order valence-corrected chi connectivity index (χ1v) is 11.7. The van der Waals surface area contributed by atoms with E-state index in [-0.39, 0.29) is 17.3 Å². The maximum absolute atomic E-state index is 12.8. The summed E-state index contributed by atoms with van der Waals surface area (Å²) in [4.78, 5) is 15.3. The number of methoxy groups -OCH3 is 1. The summed E-state index contributed by atoms with van der Waals surface area (Å²) in [6.07, 6.45) is 0. The third kappa shape index (κ3) is 5.40. The second-order valence-electron chi connectivity index (χ2n) is 6.55. The van der Waals surface area contributed by atoms with Crippen molar-refractivity contribution in [1.82, 2.24) is 9.62 Å². The van der Waals surface area contributed by atoms with Crippen LogP contribution in [0.15, 0.2) is 64.9 Å². The Morgan fingerprint density at radius 3 is 2.53 bits per heavy atom. The van der Waals surface area contributed by atoms with Gasteiger partial charge in [-0.2, -0.15) is 0 Å². The molecule has 0 aliphatic heterocycles. The zero-order chi connectivity index (χ0) is 21.7. The Labute approximate surface area is 185 Å². The number of carbonyl (C=O) groups is 1. The molecule has 0 aliphatic carbocycles. The number of hydrogen-bond acceptors (Lipinski definition) is 5. The van der Waals surface area contributed by atoms with Crippen molar-refractivity contribution < 1.29 is 17.9 Å². The fraction of sp³-hybridized carbons (Fsp3) is 0.190. The van der Waals surface area contributed by atoms with E-state index in [2.05, 4.69) is 4.72 Å². The predicted molar refractivity (Wildman–Crippen MR) is 119 cm³/mol. The largest absolute Gasteiger partial charge is 0.496 e. The maximum atomic E-state index is 12.8. The molecule has 0 spiro atoms. The van der Waals surface area contributed by atoms with Crippen LogP contribution >= 0.6 is 22.9 Å². The van der Waals surface area contributed by atoms with E-state index in [1.165, 1.54) is 40.5 Å². The molecule has 0 bridgehead atoms. The highest BCUT2D eigenvalue weighted by Gasteiger charge is 2.18. The number of ether oxygens (including phenoxy) is 1. The summed E-state index contributed by atoms with van der Waals surface area (Å²) >= 11 is 7.53. The number of nitrogens with zero attached hydrogens (tertiary/aromatic N) is 1. The van der Waals surface area contributed by atoms with Gasteiger partial charge in [-0.25, -0.2) is 13.1 Å². The Balaban J connectivity index is 1.69. The van der Waals surface area contributed by atoms with Gasteiger partial charge in [-0.05, 0) is 53.9 Å². The van der Waals surface area contributed by atoms with Crippen molar-refractivity contribution in [1.29, 1.82) is 0 Å². The zero-order valence-electron chi connectivity index (χ0n) is 16.5. The highest BCUT2D eigenvalue weighted by Crippen LogP contribution is 2.24. The van der Waals surface area contributed by atoms with Crippen LogP contribution < -0.4 is 9.46 Å². The molecule has 1 aromatic heterocycles. The average Bonchev–Trinajstić information content (AvgIpc) is 3.26. The molecule has 0 radical (unpaired) electrons. The molecule has 3 rings (SSSR count). The van der Waals surface area contributed by atoms with Crippen LogP contribution in [0.4, 0.5) is 0 Å². The minimum atomic E-state index is -3.66. The molecule has 0 saturated carbocycles. The molecule has 1 amide bonds. The Morgan fingerprint density at radius 2 is 1.90 bits per heavy atom. The third-order valence-corrected chi connectivity index (χ3v) is 6.95. The number of rotatable bonds is 8. The number of sulfonamides is 1. The van der Waals surface area contributed by atoms with Crippen molar-refractivity contribution in [2.45, 2.75) is 18.0 Å². The summed E-state index contributed by atoms with van der Waals surface area (Å²) in [5.41, 5.74) is 1.16. The molecule has 9 heteroatoms. The minimum Gasteiger partial charge on any atom is -0.496 e. The molecule has 158 valence electrons. The van der Waals surface area contributed by atoms with E-state index < -0.39 is 10.0 Å². The SMILES string of the molecule is COc1ccc(Cl)cc1CN(C)C(=O)c1ccc(S(=O)(=O)NCc2cccs2)cc1. The molecule has 0 fully saturated rings. The fourth-order valence-corrected chi connectivity index (χ4v) is 4.79. The van der Waals surface area contributed by atoms with Gasteiger partial charge < -0.3 is 9.64 Å². The van der Waals surface area contributed by atoms with Gasteiger partial charge >= 0.3 is 0 Å². The van der Waals surface area contributed by atoms with Crippen LogP contribution in [-0.2, 0) is 23.1 Å². The second kappa shape index (κ2) is 9.61. The maximum Gasteiger partial charge on any atom is 0.253 e. The van der Waals surface area contributed by atoms with E-state index in [9.17, 15) is 13.2 Å². The smallest absolute Gasteiger partial charge is 0.253 e. The van der Waals surface area contributed by atoms with E-state index >= 15 is 0 Å². The summed E-state index contributed by atoms with van der Waals surface area (Å²) < 4.78 is 32.8. The average molecular weight is 465 g/mol. The molecule has 2 aromatic carbocycles. The first kappa shape index (κ1) is 22.3. The molecule has 1 heterocycles. The summed E-state index contributed by atoms with van der Waals surface area (Å²) in [7, 11) is -0.442. The summed E-state index contributed by atoms with van der Waals surface area (Å²) in [5.74, 6) is 0.393. The number of carbonyl (C=O) groups excluding carboxylic acids is 1. The van der Waals surface area contributed by atoms with Crippen LogP contribution in [-0.4, -0.2) is 33.4 Å². The number of thiophene rings is 1. The normalized spacial score (nSPS) is 11.3. The van der Waals surface area contributed by atoms with Crippen LogP contribution in [0.1, 0.15) is 20.8 Å². The van der Waals surface area contributed by atoms with Gasteiger partial charge in [0, 0.05) is 41.2 Å². The van der Waals surface area contributed by atoms with Gasteiger partial charge in [0.15, 0.2) is 0 Å². The van der Waals surface area contributed by atoms with E-state index in [0.717, 1.165) is 10.4 Å². The standard InChI is InChI=1S/C21H21ClN2O4S2/c1-24(14-16-12-17(22)7-10-20(16)28-2)21(25)15-5-8-19(9-6-15)30(26,27)23-13-18-4-3-11-29-18/h3-12,23H,13-14H2,1-2H3. The topological polar surface area (TPSA) is 75.7 Å². The lowest BCUT2D eigenvalue weighted by Crippen LogP contribution is -2.27. The third-order valence-electron chi connectivity index (χ3n) is 4.42. The quantitative estimate of drug-likeness (QED) is 0.543. The van der Waals surface area contributed by atoms with Crippen molar-refractivity contribution in [3.05, 3.63) is 81.0 Å². The van der Waals surface area contributed by atoms with Gasteiger partial charge in [0.1, 0.15) is 5.75 Å². The molecule has 0 aliphatic rings. The molecule has 0 saturated heterocycles. The fourth-order valence-electron chi connectivity index (χ4n) is 2.86. The lowest BCUT2D eigenvalue weighted by Gasteiger charge is -2.19. The van der Waals surface area contributed by atoms with Crippen molar-refractivity contribution in [2.24, 2.45) is 0 Å². The number of benzene rings is 2. The van der Waals surface area contributed by atoms with Crippen LogP contribution in [0, 0.1) is 0 Å². The number of halogens is 1. The molecule has 1 N–H and O–H groups in total. The lowest BCUT2D eigenvalue weighted by molar-refractivity contribution is 0.0784. The molecule has 30 heavy (non-hydrogen) atoms. The first-order valence-electron chi connectivity index (χ1n) is 9.00. The van der Waals surface area contributed by atoms with Gasteiger partial charge in [0.25, 0.3) is 5.91 Å². The molecule has 3 aromatic rings. The summed E-state index contributed by atoms with van der Waals surface area (Å²) in [6.45, 7) is 0.524. The summed E-state index contributed by atoms with van der Waals surface area (Å²) in [5, 5.41) is 2.44. The van der Waals surface area contributed by atoms with E-state index in [1.54, 1.807) is 32.4 Å². The minimum absolute atomic E-state index is 0.106. The van der Waals surface area contributed by atoms with Gasteiger partial charge in [0.05, 0.1) is 12.0 Å². The Morgan fingerprint density at radius 1 is 1.17 bits per heavy atom. The van der Waals surface area contributed by atoms with Crippen molar-refractivity contribution >= 4 is 38.9 Å². The molecular formula is C21H21ClN2O4S2.